The topological polar surface area (TPSA) is 59.8 Å². The predicted molar refractivity (Wildman–Crippen MR) is 110 cm³/mol. The minimum Gasteiger partial charge on any atom is -0.353 e. The lowest BCUT2D eigenvalue weighted by molar-refractivity contribution is -0.119. The van der Waals surface area contributed by atoms with Crippen LogP contribution in [0, 0.1) is 5.82 Å². The van der Waals surface area contributed by atoms with Crippen molar-refractivity contribution in [2.45, 2.75) is 38.0 Å². The summed E-state index contributed by atoms with van der Waals surface area (Å²) in [4.78, 5) is 12.1. The highest BCUT2D eigenvalue weighted by molar-refractivity contribution is 7.99. The number of halogens is 1. The first kappa shape index (κ1) is 20.1. The second-order valence-corrected chi connectivity index (χ2v) is 7.49. The lowest BCUT2D eigenvalue weighted by Gasteiger charge is -2.12. The van der Waals surface area contributed by atoms with Crippen molar-refractivity contribution in [1.82, 2.24) is 20.1 Å². The third-order valence-corrected chi connectivity index (χ3v) is 5.32. The molecule has 7 heteroatoms. The number of benzene rings is 2. The van der Waals surface area contributed by atoms with E-state index in [2.05, 4.69) is 15.5 Å². The molecule has 0 spiro atoms. The molecule has 0 saturated heterocycles. The zero-order chi connectivity index (χ0) is 19.9. The Hall–Kier alpha value is -2.67. The standard InChI is InChI=1S/C21H23FN4OS/c1-3-15(2)23-19(27)14-28-21-25-24-20(17-9-11-18(22)12-10-17)26(21)13-16-7-5-4-6-8-16/h4-12,15H,3,13-14H2,1-2H3,(H,23,27)/t15-/m0/s1. The van der Waals surface area contributed by atoms with Crippen LogP contribution in [0.3, 0.4) is 0 Å². The predicted octanol–water partition coefficient (Wildman–Crippen LogP) is 4.14. The smallest absolute Gasteiger partial charge is 0.230 e. The first-order valence-corrected chi connectivity index (χ1v) is 10.2. The van der Waals surface area contributed by atoms with Crippen molar-refractivity contribution in [1.29, 1.82) is 0 Å². The number of amides is 1. The monoisotopic (exact) mass is 398 g/mol. The number of rotatable bonds is 8. The van der Waals surface area contributed by atoms with Crippen LogP contribution in [0.1, 0.15) is 25.8 Å². The first-order valence-electron chi connectivity index (χ1n) is 9.22. The van der Waals surface area contributed by atoms with E-state index in [0.29, 0.717) is 17.5 Å². The van der Waals surface area contributed by atoms with Gasteiger partial charge in [-0.15, -0.1) is 10.2 Å². The molecule has 1 aromatic heterocycles. The lowest BCUT2D eigenvalue weighted by Crippen LogP contribution is -2.33. The molecule has 28 heavy (non-hydrogen) atoms. The summed E-state index contributed by atoms with van der Waals surface area (Å²) in [5, 5.41) is 12.2. The van der Waals surface area contributed by atoms with Crippen molar-refractivity contribution in [3.05, 3.63) is 66.0 Å². The lowest BCUT2D eigenvalue weighted by atomic mass is 10.2. The molecule has 0 aliphatic rings. The minimum atomic E-state index is -0.297. The highest BCUT2D eigenvalue weighted by atomic mass is 32.2. The van der Waals surface area contributed by atoms with Gasteiger partial charge in [-0.05, 0) is 43.2 Å². The maximum atomic E-state index is 13.3. The molecule has 0 saturated carbocycles. The Bertz CT molecular complexity index is 912. The molecule has 3 aromatic rings. The summed E-state index contributed by atoms with van der Waals surface area (Å²) in [7, 11) is 0. The number of nitrogens with one attached hydrogen (secondary N) is 1. The van der Waals surface area contributed by atoms with Crippen LogP contribution in [-0.4, -0.2) is 32.5 Å². The number of carbonyl (C=O) groups excluding carboxylic acids is 1. The second kappa shape index (κ2) is 9.50. The first-order chi connectivity index (χ1) is 13.6. The SMILES string of the molecule is CC[C@H](C)NC(=O)CSc1nnc(-c2ccc(F)cc2)n1Cc1ccccc1. The van der Waals surface area contributed by atoms with Gasteiger partial charge in [-0.3, -0.25) is 9.36 Å². The van der Waals surface area contributed by atoms with Gasteiger partial charge in [-0.2, -0.15) is 0 Å². The minimum absolute atomic E-state index is 0.0306. The van der Waals surface area contributed by atoms with Crippen LogP contribution in [0.2, 0.25) is 0 Å². The molecule has 1 heterocycles. The quantitative estimate of drug-likeness (QED) is 0.580. The van der Waals surface area contributed by atoms with E-state index < -0.39 is 0 Å². The average molecular weight is 399 g/mol. The van der Waals surface area contributed by atoms with Crippen molar-refractivity contribution >= 4 is 17.7 Å². The highest BCUT2D eigenvalue weighted by Crippen LogP contribution is 2.25. The Kier molecular flexibility index (Phi) is 6.81. The van der Waals surface area contributed by atoms with E-state index in [4.69, 9.17) is 0 Å². The van der Waals surface area contributed by atoms with Crippen molar-refractivity contribution < 1.29 is 9.18 Å². The third kappa shape index (κ3) is 5.19. The highest BCUT2D eigenvalue weighted by Gasteiger charge is 2.16. The molecule has 0 radical (unpaired) electrons. The molecular weight excluding hydrogens is 375 g/mol. The van der Waals surface area contributed by atoms with E-state index in [0.717, 1.165) is 17.5 Å². The van der Waals surface area contributed by atoms with Gasteiger partial charge in [0.25, 0.3) is 0 Å². The third-order valence-electron chi connectivity index (χ3n) is 4.35. The average Bonchev–Trinajstić information content (AvgIpc) is 3.10. The van der Waals surface area contributed by atoms with Gasteiger partial charge < -0.3 is 5.32 Å². The van der Waals surface area contributed by atoms with Gasteiger partial charge in [-0.1, -0.05) is 49.0 Å². The van der Waals surface area contributed by atoms with E-state index >= 15 is 0 Å². The molecule has 146 valence electrons. The number of nitrogens with zero attached hydrogens (tertiary/aromatic N) is 3. The van der Waals surface area contributed by atoms with Crippen molar-refractivity contribution in [3.63, 3.8) is 0 Å². The summed E-state index contributed by atoms with van der Waals surface area (Å²) in [6.45, 7) is 4.58. The Morgan fingerprint density at radius 2 is 1.86 bits per heavy atom. The molecule has 0 bridgehead atoms. The fourth-order valence-electron chi connectivity index (χ4n) is 2.67. The molecular formula is C21H23FN4OS. The molecule has 2 aromatic carbocycles. The van der Waals surface area contributed by atoms with Gasteiger partial charge in [0.05, 0.1) is 12.3 Å². The number of hydrogen-bond acceptors (Lipinski definition) is 4. The fraction of sp³-hybridized carbons (Fsp3) is 0.286. The zero-order valence-electron chi connectivity index (χ0n) is 15.9. The summed E-state index contributed by atoms with van der Waals surface area (Å²) in [6, 6.07) is 16.3. The van der Waals surface area contributed by atoms with Crippen LogP contribution in [0.5, 0.6) is 0 Å². The van der Waals surface area contributed by atoms with Crippen molar-refractivity contribution in [2.75, 3.05) is 5.75 Å². The maximum absolute atomic E-state index is 13.3. The molecule has 1 N–H and O–H groups in total. The number of carbonyl (C=O) groups is 1. The van der Waals surface area contributed by atoms with Crippen LogP contribution < -0.4 is 5.32 Å². The molecule has 1 atom stereocenters. The Morgan fingerprint density at radius 3 is 2.54 bits per heavy atom. The molecule has 5 nitrogen and oxygen atoms in total. The van der Waals surface area contributed by atoms with E-state index in [1.807, 2.05) is 48.7 Å². The molecule has 0 aliphatic carbocycles. The molecule has 1 amide bonds. The van der Waals surface area contributed by atoms with Crippen molar-refractivity contribution in [3.8, 4) is 11.4 Å². The summed E-state index contributed by atoms with van der Waals surface area (Å²) < 4.78 is 15.3. The number of hydrogen-bond donors (Lipinski definition) is 1. The Labute approximate surface area is 168 Å². The van der Waals surface area contributed by atoms with E-state index in [1.54, 1.807) is 12.1 Å². The van der Waals surface area contributed by atoms with E-state index in [1.165, 1.54) is 23.9 Å². The van der Waals surface area contributed by atoms with Crippen LogP contribution in [0.4, 0.5) is 4.39 Å². The van der Waals surface area contributed by atoms with Gasteiger partial charge in [0.15, 0.2) is 11.0 Å². The van der Waals surface area contributed by atoms with Gasteiger partial charge in [0, 0.05) is 11.6 Å². The van der Waals surface area contributed by atoms with Gasteiger partial charge >= 0.3 is 0 Å². The van der Waals surface area contributed by atoms with Crippen LogP contribution in [0.15, 0.2) is 59.8 Å². The van der Waals surface area contributed by atoms with Gasteiger partial charge in [0.1, 0.15) is 5.82 Å². The second-order valence-electron chi connectivity index (χ2n) is 6.55. The number of aromatic nitrogens is 3. The molecule has 0 aliphatic heterocycles. The summed E-state index contributed by atoms with van der Waals surface area (Å²) in [5.41, 5.74) is 1.87. The normalized spacial score (nSPS) is 12.0. The van der Waals surface area contributed by atoms with Crippen molar-refractivity contribution in [2.24, 2.45) is 0 Å². The molecule has 3 rings (SSSR count). The van der Waals surface area contributed by atoms with Gasteiger partial charge in [-0.25, -0.2) is 4.39 Å². The van der Waals surface area contributed by atoms with Gasteiger partial charge in [0.2, 0.25) is 5.91 Å². The Morgan fingerprint density at radius 1 is 1.14 bits per heavy atom. The van der Waals surface area contributed by atoms with Crippen LogP contribution in [0.25, 0.3) is 11.4 Å². The largest absolute Gasteiger partial charge is 0.353 e. The fourth-order valence-corrected chi connectivity index (χ4v) is 3.41. The van der Waals surface area contributed by atoms with Crippen LogP contribution in [-0.2, 0) is 11.3 Å². The van der Waals surface area contributed by atoms with E-state index in [-0.39, 0.29) is 23.5 Å². The number of thioether (sulfide) groups is 1. The van der Waals surface area contributed by atoms with Crippen LogP contribution >= 0.6 is 11.8 Å². The molecule has 0 unspecified atom stereocenters. The molecule has 0 fully saturated rings. The summed E-state index contributed by atoms with van der Waals surface area (Å²) >= 11 is 1.35. The summed E-state index contributed by atoms with van der Waals surface area (Å²) in [6.07, 6.45) is 0.884. The summed E-state index contributed by atoms with van der Waals surface area (Å²) in [5.74, 6) is 0.584. The zero-order valence-corrected chi connectivity index (χ0v) is 16.7. The van der Waals surface area contributed by atoms with E-state index in [9.17, 15) is 9.18 Å². The maximum Gasteiger partial charge on any atom is 0.230 e. The Balaban J connectivity index is 1.85.